The zero-order valence-electron chi connectivity index (χ0n) is 9.77. The van der Waals surface area contributed by atoms with Gasteiger partial charge in [0.1, 0.15) is 0 Å². The number of aromatic amines is 1. The molecule has 0 saturated carbocycles. The Morgan fingerprint density at radius 2 is 2.31 bits per heavy atom. The largest absolute Gasteiger partial charge is 0.296 e. The van der Waals surface area contributed by atoms with E-state index in [1.165, 1.54) is 17.5 Å². The van der Waals surface area contributed by atoms with Crippen molar-refractivity contribution >= 4 is 10.9 Å². The van der Waals surface area contributed by atoms with Crippen LogP contribution in [0.15, 0.2) is 24.4 Å². The molecule has 1 N–H and O–H groups in total. The molecule has 1 saturated heterocycles. The number of benzene rings is 1. The van der Waals surface area contributed by atoms with Crippen molar-refractivity contribution in [2.45, 2.75) is 26.4 Å². The highest BCUT2D eigenvalue weighted by molar-refractivity contribution is 5.78. The summed E-state index contributed by atoms with van der Waals surface area (Å²) in [6, 6.07) is 7.27. The summed E-state index contributed by atoms with van der Waals surface area (Å²) in [5.74, 6) is 0.843. The van der Waals surface area contributed by atoms with Crippen LogP contribution < -0.4 is 0 Å². The number of likely N-dealkylation sites (tertiary alicyclic amines) is 1. The second-order valence-corrected chi connectivity index (χ2v) is 4.94. The molecule has 3 nitrogen and oxygen atoms in total. The highest BCUT2D eigenvalue weighted by atomic mass is 15.2. The summed E-state index contributed by atoms with van der Waals surface area (Å²) < 4.78 is 0. The molecule has 1 aliphatic rings. The Morgan fingerprint density at radius 1 is 1.44 bits per heavy atom. The standard InChI is InChI=1S/C13H17N3/c1-9-7-16(10(9)2)8-11-3-4-12-6-14-15-13(12)5-11/h3-6,9-10H,7-8H2,1-2H3,(H,14,15). The van der Waals surface area contributed by atoms with Crippen molar-refractivity contribution in [1.82, 2.24) is 15.1 Å². The van der Waals surface area contributed by atoms with E-state index in [1.807, 2.05) is 6.20 Å². The summed E-state index contributed by atoms with van der Waals surface area (Å²) >= 11 is 0. The minimum Gasteiger partial charge on any atom is -0.296 e. The molecule has 2 heterocycles. The van der Waals surface area contributed by atoms with Crippen LogP contribution in [0.5, 0.6) is 0 Å². The van der Waals surface area contributed by atoms with E-state index >= 15 is 0 Å². The fraction of sp³-hybridized carbons (Fsp3) is 0.462. The van der Waals surface area contributed by atoms with Gasteiger partial charge in [-0.2, -0.15) is 5.10 Å². The lowest BCUT2D eigenvalue weighted by atomic mass is 9.91. The first-order valence-electron chi connectivity index (χ1n) is 5.90. The van der Waals surface area contributed by atoms with Gasteiger partial charge in [0.2, 0.25) is 0 Å². The van der Waals surface area contributed by atoms with Crippen LogP contribution in [0.2, 0.25) is 0 Å². The first-order chi connectivity index (χ1) is 7.74. The first-order valence-corrected chi connectivity index (χ1v) is 5.90. The Morgan fingerprint density at radius 3 is 3.06 bits per heavy atom. The van der Waals surface area contributed by atoms with Gasteiger partial charge in [0.15, 0.2) is 0 Å². The van der Waals surface area contributed by atoms with E-state index in [9.17, 15) is 0 Å². The molecule has 84 valence electrons. The highest BCUT2D eigenvalue weighted by Gasteiger charge is 2.31. The van der Waals surface area contributed by atoms with Gasteiger partial charge < -0.3 is 0 Å². The van der Waals surface area contributed by atoms with Crippen molar-refractivity contribution in [1.29, 1.82) is 0 Å². The summed E-state index contributed by atoms with van der Waals surface area (Å²) in [4.78, 5) is 2.52. The molecule has 2 unspecified atom stereocenters. The number of nitrogens with zero attached hydrogens (tertiary/aromatic N) is 2. The average molecular weight is 215 g/mol. The fourth-order valence-corrected chi connectivity index (χ4v) is 2.44. The topological polar surface area (TPSA) is 31.9 Å². The zero-order valence-corrected chi connectivity index (χ0v) is 9.77. The fourth-order valence-electron chi connectivity index (χ4n) is 2.44. The maximum Gasteiger partial charge on any atom is 0.0653 e. The van der Waals surface area contributed by atoms with Crippen molar-refractivity contribution in [3.63, 3.8) is 0 Å². The maximum absolute atomic E-state index is 4.04. The number of hydrogen-bond acceptors (Lipinski definition) is 2. The normalized spacial score (nSPS) is 25.9. The zero-order chi connectivity index (χ0) is 11.1. The summed E-state index contributed by atoms with van der Waals surface area (Å²) in [5, 5.41) is 8.25. The molecular formula is C13H17N3. The number of nitrogens with one attached hydrogen (secondary N) is 1. The smallest absolute Gasteiger partial charge is 0.0653 e. The Kier molecular flexibility index (Phi) is 2.21. The number of aromatic nitrogens is 2. The Hall–Kier alpha value is -1.35. The van der Waals surface area contributed by atoms with Gasteiger partial charge in [-0.25, -0.2) is 0 Å². The third kappa shape index (κ3) is 1.52. The second kappa shape index (κ2) is 3.59. The lowest BCUT2D eigenvalue weighted by molar-refractivity contribution is 0.0307. The lowest BCUT2D eigenvalue weighted by Gasteiger charge is -2.44. The molecule has 0 amide bonds. The molecule has 0 spiro atoms. The Labute approximate surface area is 95.5 Å². The molecule has 1 fully saturated rings. The number of rotatable bonds is 2. The van der Waals surface area contributed by atoms with Crippen LogP contribution in [-0.2, 0) is 6.54 Å². The molecule has 0 aliphatic carbocycles. The quantitative estimate of drug-likeness (QED) is 0.834. The summed E-state index contributed by atoms with van der Waals surface area (Å²) in [7, 11) is 0. The Bertz CT molecular complexity index is 503. The van der Waals surface area contributed by atoms with E-state index < -0.39 is 0 Å². The van der Waals surface area contributed by atoms with Gasteiger partial charge in [0.05, 0.1) is 11.7 Å². The molecular weight excluding hydrogens is 198 g/mol. The van der Waals surface area contributed by atoms with E-state index in [0.717, 1.165) is 24.0 Å². The SMILES string of the molecule is CC1CN(Cc2ccc3cn[nH]c3c2)C1C. The maximum atomic E-state index is 4.04. The van der Waals surface area contributed by atoms with E-state index in [4.69, 9.17) is 0 Å². The molecule has 16 heavy (non-hydrogen) atoms. The Balaban J connectivity index is 1.79. The number of H-pyrrole nitrogens is 1. The van der Waals surface area contributed by atoms with Crippen LogP contribution in [0.25, 0.3) is 10.9 Å². The highest BCUT2D eigenvalue weighted by Crippen LogP contribution is 2.26. The van der Waals surface area contributed by atoms with Crippen LogP contribution in [0, 0.1) is 5.92 Å². The van der Waals surface area contributed by atoms with Crippen LogP contribution in [0.1, 0.15) is 19.4 Å². The third-order valence-electron chi connectivity index (χ3n) is 3.81. The monoisotopic (exact) mass is 215 g/mol. The molecule has 0 radical (unpaired) electrons. The van der Waals surface area contributed by atoms with Gasteiger partial charge >= 0.3 is 0 Å². The molecule has 3 heteroatoms. The minimum atomic E-state index is 0.720. The van der Waals surface area contributed by atoms with E-state index in [-0.39, 0.29) is 0 Å². The van der Waals surface area contributed by atoms with Gasteiger partial charge in [-0.15, -0.1) is 0 Å². The predicted molar refractivity (Wildman–Crippen MR) is 65.1 cm³/mol. The van der Waals surface area contributed by atoms with E-state index in [0.29, 0.717) is 0 Å². The summed E-state index contributed by atoms with van der Waals surface area (Å²) in [5.41, 5.74) is 2.51. The first kappa shape index (κ1) is 9.85. The van der Waals surface area contributed by atoms with Crippen molar-refractivity contribution in [3.05, 3.63) is 30.0 Å². The van der Waals surface area contributed by atoms with E-state index in [2.05, 4.69) is 47.1 Å². The molecule has 1 aliphatic heterocycles. The van der Waals surface area contributed by atoms with Crippen LogP contribution in [0.3, 0.4) is 0 Å². The second-order valence-electron chi connectivity index (χ2n) is 4.94. The molecule has 1 aromatic carbocycles. The van der Waals surface area contributed by atoms with Gasteiger partial charge in [0, 0.05) is 24.5 Å². The van der Waals surface area contributed by atoms with Gasteiger partial charge in [-0.3, -0.25) is 10.00 Å². The van der Waals surface area contributed by atoms with Gasteiger partial charge in [0.25, 0.3) is 0 Å². The van der Waals surface area contributed by atoms with Crippen molar-refractivity contribution in [3.8, 4) is 0 Å². The predicted octanol–water partition coefficient (Wildman–Crippen LogP) is 2.40. The van der Waals surface area contributed by atoms with Gasteiger partial charge in [-0.05, 0) is 24.5 Å². The summed E-state index contributed by atoms with van der Waals surface area (Å²) in [6.07, 6.45) is 1.87. The number of fused-ring (bicyclic) bond motifs is 1. The summed E-state index contributed by atoms with van der Waals surface area (Å²) in [6.45, 7) is 6.91. The third-order valence-corrected chi connectivity index (χ3v) is 3.81. The molecule has 2 aromatic rings. The molecule has 3 rings (SSSR count). The van der Waals surface area contributed by atoms with Crippen LogP contribution >= 0.6 is 0 Å². The van der Waals surface area contributed by atoms with E-state index in [1.54, 1.807) is 0 Å². The van der Waals surface area contributed by atoms with Crippen molar-refractivity contribution < 1.29 is 0 Å². The van der Waals surface area contributed by atoms with Gasteiger partial charge in [-0.1, -0.05) is 19.1 Å². The number of hydrogen-bond donors (Lipinski definition) is 1. The van der Waals surface area contributed by atoms with Crippen molar-refractivity contribution in [2.75, 3.05) is 6.54 Å². The molecule has 0 bridgehead atoms. The van der Waals surface area contributed by atoms with Crippen molar-refractivity contribution in [2.24, 2.45) is 5.92 Å². The molecule has 2 atom stereocenters. The van der Waals surface area contributed by atoms with Crippen LogP contribution in [0.4, 0.5) is 0 Å². The van der Waals surface area contributed by atoms with Crippen LogP contribution in [-0.4, -0.2) is 27.7 Å². The molecule has 1 aromatic heterocycles. The average Bonchev–Trinajstić information content (AvgIpc) is 2.75. The lowest BCUT2D eigenvalue weighted by Crippen LogP contribution is -2.52. The minimum absolute atomic E-state index is 0.720.